The minimum Gasteiger partial charge on any atom is -0.298 e. The van der Waals surface area contributed by atoms with Crippen molar-refractivity contribution in [1.82, 2.24) is 0 Å². The third-order valence-electron chi connectivity index (χ3n) is 5.70. The van der Waals surface area contributed by atoms with E-state index < -0.39 is 0 Å². The Labute approximate surface area is 98.3 Å². The third-order valence-corrected chi connectivity index (χ3v) is 5.70. The average molecular weight is 218 g/mol. The maximum Gasteiger partial charge on any atom is 0.145 e. The lowest BCUT2D eigenvalue weighted by molar-refractivity contribution is -0.153. The first-order chi connectivity index (χ1) is 7.38. The SMILES string of the molecule is CC(C)=C1C[C@@]2(C)C(=O)[C@]3(C)CC[C@H]2[C@H]1C3. The Kier molecular flexibility index (Phi) is 1.85. The van der Waals surface area contributed by atoms with Crippen LogP contribution in [0.15, 0.2) is 11.1 Å². The molecule has 0 heterocycles. The molecule has 1 heteroatoms. The first-order valence-electron chi connectivity index (χ1n) is 6.60. The van der Waals surface area contributed by atoms with Crippen molar-refractivity contribution >= 4 is 5.78 Å². The van der Waals surface area contributed by atoms with E-state index in [4.69, 9.17) is 0 Å². The molecule has 1 nitrogen and oxygen atoms in total. The number of ketones is 1. The number of allylic oxidation sites excluding steroid dienone is 2. The summed E-state index contributed by atoms with van der Waals surface area (Å²) in [5.74, 6) is 1.96. The quantitative estimate of drug-likeness (QED) is 0.566. The summed E-state index contributed by atoms with van der Waals surface area (Å²) in [6, 6.07) is 0. The molecule has 0 spiro atoms. The van der Waals surface area contributed by atoms with Crippen molar-refractivity contribution in [2.45, 2.75) is 53.4 Å². The number of hydrogen-bond acceptors (Lipinski definition) is 1. The fraction of sp³-hybridized carbons (Fsp3) is 0.800. The van der Waals surface area contributed by atoms with Crippen LogP contribution in [0.2, 0.25) is 0 Å². The van der Waals surface area contributed by atoms with Gasteiger partial charge >= 0.3 is 0 Å². The van der Waals surface area contributed by atoms with Crippen molar-refractivity contribution in [3.63, 3.8) is 0 Å². The van der Waals surface area contributed by atoms with Gasteiger partial charge in [0.05, 0.1) is 0 Å². The minimum atomic E-state index is -0.0114. The van der Waals surface area contributed by atoms with Crippen molar-refractivity contribution in [1.29, 1.82) is 0 Å². The van der Waals surface area contributed by atoms with Gasteiger partial charge in [-0.1, -0.05) is 25.0 Å². The highest BCUT2D eigenvalue weighted by molar-refractivity contribution is 5.93. The van der Waals surface area contributed by atoms with Gasteiger partial charge in [0.15, 0.2) is 0 Å². The van der Waals surface area contributed by atoms with Gasteiger partial charge in [0.2, 0.25) is 0 Å². The monoisotopic (exact) mass is 218 g/mol. The standard InChI is InChI=1S/C15H22O/c1-9(2)10-8-15(4)12-5-6-14(3,13(15)16)7-11(10)12/h11-12H,5-8H2,1-4H3/t11-,12-,14+,15+/m0/s1. The smallest absolute Gasteiger partial charge is 0.145 e. The predicted molar refractivity (Wildman–Crippen MR) is 65.0 cm³/mol. The van der Waals surface area contributed by atoms with Gasteiger partial charge in [0.1, 0.15) is 5.78 Å². The van der Waals surface area contributed by atoms with Crippen LogP contribution in [0.1, 0.15) is 53.4 Å². The van der Waals surface area contributed by atoms with E-state index in [2.05, 4.69) is 27.7 Å². The van der Waals surface area contributed by atoms with Crippen molar-refractivity contribution in [3.05, 3.63) is 11.1 Å². The van der Waals surface area contributed by atoms with E-state index in [-0.39, 0.29) is 10.8 Å². The fourth-order valence-corrected chi connectivity index (χ4v) is 4.88. The van der Waals surface area contributed by atoms with Gasteiger partial charge < -0.3 is 0 Å². The van der Waals surface area contributed by atoms with Gasteiger partial charge in [-0.3, -0.25) is 4.79 Å². The van der Waals surface area contributed by atoms with Crippen LogP contribution in [0.3, 0.4) is 0 Å². The van der Waals surface area contributed by atoms with Crippen molar-refractivity contribution in [3.8, 4) is 0 Å². The van der Waals surface area contributed by atoms with Gasteiger partial charge in [-0.15, -0.1) is 0 Å². The third kappa shape index (κ3) is 1.00. The van der Waals surface area contributed by atoms with Crippen molar-refractivity contribution < 1.29 is 4.79 Å². The number of Topliss-reactive ketones (excluding diaryl/α,β-unsaturated/α-hetero) is 1. The van der Waals surface area contributed by atoms with Gasteiger partial charge in [-0.05, 0) is 51.4 Å². The molecule has 0 unspecified atom stereocenters. The lowest BCUT2D eigenvalue weighted by Gasteiger charge is -2.52. The number of rotatable bonds is 0. The minimum absolute atomic E-state index is 0.00532. The zero-order chi connectivity index (χ0) is 11.7. The molecule has 88 valence electrons. The van der Waals surface area contributed by atoms with E-state index in [9.17, 15) is 4.79 Å². The maximum absolute atomic E-state index is 12.6. The van der Waals surface area contributed by atoms with Gasteiger partial charge in [0.25, 0.3) is 0 Å². The van der Waals surface area contributed by atoms with E-state index in [0.29, 0.717) is 11.7 Å². The maximum atomic E-state index is 12.6. The normalized spacial score (nSPS) is 50.0. The second-order valence-corrected chi connectivity index (χ2v) is 6.97. The summed E-state index contributed by atoms with van der Waals surface area (Å²) in [4.78, 5) is 12.6. The van der Waals surface area contributed by atoms with Crippen LogP contribution in [0.5, 0.6) is 0 Å². The molecule has 0 aliphatic heterocycles. The van der Waals surface area contributed by atoms with E-state index in [1.165, 1.54) is 12.0 Å². The summed E-state index contributed by atoms with van der Waals surface area (Å²) < 4.78 is 0. The Morgan fingerprint density at radius 3 is 2.62 bits per heavy atom. The van der Waals surface area contributed by atoms with Crippen LogP contribution in [0.25, 0.3) is 0 Å². The molecule has 4 rings (SSSR count). The zero-order valence-electron chi connectivity index (χ0n) is 10.9. The molecular formula is C15H22O. The van der Waals surface area contributed by atoms with E-state index in [1.54, 1.807) is 5.57 Å². The van der Waals surface area contributed by atoms with Gasteiger partial charge in [-0.2, -0.15) is 0 Å². The van der Waals surface area contributed by atoms with Gasteiger partial charge in [0, 0.05) is 10.8 Å². The first-order valence-corrected chi connectivity index (χ1v) is 6.60. The Morgan fingerprint density at radius 2 is 2.00 bits per heavy atom. The molecule has 4 fully saturated rings. The van der Waals surface area contributed by atoms with E-state index in [0.717, 1.165) is 25.2 Å². The van der Waals surface area contributed by atoms with Crippen LogP contribution >= 0.6 is 0 Å². The number of carbonyl (C=O) groups excluding carboxylic acids is 1. The Morgan fingerprint density at radius 1 is 1.31 bits per heavy atom. The van der Waals surface area contributed by atoms with Crippen LogP contribution in [-0.2, 0) is 4.79 Å². The Hall–Kier alpha value is -0.590. The Balaban J connectivity index is 2.16. The van der Waals surface area contributed by atoms with E-state index in [1.807, 2.05) is 0 Å². The summed E-state index contributed by atoms with van der Waals surface area (Å²) in [6.45, 7) is 8.89. The van der Waals surface area contributed by atoms with Crippen LogP contribution in [0.4, 0.5) is 0 Å². The molecule has 16 heavy (non-hydrogen) atoms. The fourth-order valence-electron chi connectivity index (χ4n) is 4.88. The summed E-state index contributed by atoms with van der Waals surface area (Å²) in [7, 11) is 0. The number of hydrogen-bond donors (Lipinski definition) is 0. The highest BCUT2D eigenvalue weighted by Crippen LogP contribution is 2.67. The zero-order valence-corrected chi connectivity index (χ0v) is 10.9. The van der Waals surface area contributed by atoms with Crippen LogP contribution in [0, 0.1) is 22.7 Å². The highest BCUT2D eigenvalue weighted by Gasteiger charge is 2.64. The first kappa shape index (κ1) is 10.6. The van der Waals surface area contributed by atoms with Gasteiger partial charge in [-0.25, -0.2) is 0 Å². The molecule has 4 atom stereocenters. The van der Waals surface area contributed by atoms with Crippen LogP contribution in [-0.4, -0.2) is 5.78 Å². The molecule has 0 amide bonds. The summed E-state index contributed by atoms with van der Waals surface area (Å²) in [5, 5.41) is 0. The summed E-state index contributed by atoms with van der Waals surface area (Å²) in [5.41, 5.74) is 3.08. The predicted octanol–water partition coefficient (Wildman–Crippen LogP) is 3.74. The second-order valence-electron chi connectivity index (χ2n) is 6.97. The topological polar surface area (TPSA) is 17.1 Å². The lowest BCUT2D eigenvalue weighted by atomic mass is 9.50. The summed E-state index contributed by atoms with van der Waals surface area (Å²) >= 11 is 0. The molecule has 4 aliphatic rings. The second kappa shape index (κ2) is 2.80. The molecule has 0 saturated heterocycles. The van der Waals surface area contributed by atoms with Crippen LogP contribution < -0.4 is 0 Å². The molecule has 4 bridgehead atoms. The molecule has 0 radical (unpaired) electrons. The summed E-state index contributed by atoms with van der Waals surface area (Å²) in [6.07, 6.45) is 4.60. The number of fused-ring (bicyclic) bond motifs is 1. The lowest BCUT2D eigenvalue weighted by Crippen LogP contribution is -2.53. The molecule has 0 aromatic rings. The molecule has 0 aromatic carbocycles. The molecule has 4 saturated carbocycles. The highest BCUT2D eigenvalue weighted by atomic mass is 16.1. The van der Waals surface area contributed by atoms with E-state index >= 15 is 0 Å². The largest absolute Gasteiger partial charge is 0.298 e. The number of carbonyl (C=O) groups is 1. The van der Waals surface area contributed by atoms with Crippen molar-refractivity contribution in [2.75, 3.05) is 0 Å². The molecule has 0 aromatic heterocycles. The Bertz CT molecular complexity index is 402. The van der Waals surface area contributed by atoms with Crippen molar-refractivity contribution in [2.24, 2.45) is 22.7 Å². The molecule has 0 N–H and O–H groups in total. The molecule has 4 aliphatic carbocycles. The molecular weight excluding hydrogens is 196 g/mol. The average Bonchev–Trinajstić information content (AvgIpc) is 2.47.